The van der Waals surface area contributed by atoms with Crippen LogP contribution >= 0.6 is 0 Å². The second-order valence-electron chi connectivity index (χ2n) is 6.23. The summed E-state index contributed by atoms with van der Waals surface area (Å²) in [7, 11) is -3.51. The van der Waals surface area contributed by atoms with Gasteiger partial charge < -0.3 is 10.5 Å². The van der Waals surface area contributed by atoms with E-state index in [9.17, 15) is 8.42 Å². The van der Waals surface area contributed by atoms with Crippen molar-refractivity contribution < 1.29 is 13.2 Å². The zero-order valence-electron chi connectivity index (χ0n) is 14.7. The fourth-order valence-corrected chi connectivity index (χ4v) is 3.30. The molecule has 0 aliphatic carbocycles. The maximum absolute atomic E-state index is 12.3. The van der Waals surface area contributed by atoms with Crippen LogP contribution in [-0.2, 0) is 16.6 Å². The molecule has 0 saturated carbocycles. The summed E-state index contributed by atoms with van der Waals surface area (Å²) < 4.78 is 31.5. The van der Waals surface area contributed by atoms with Crippen molar-refractivity contribution in [3.05, 3.63) is 66.5 Å². The van der Waals surface area contributed by atoms with E-state index in [1.807, 2.05) is 30.3 Å². The van der Waals surface area contributed by atoms with Gasteiger partial charge in [0, 0.05) is 16.8 Å². The van der Waals surface area contributed by atoms with Crippen LogP contribution in [0.2, 0.25) is 0 Å². The van der Waals surface area contributed by atoms with E-state index in [0.717, 1.165) is 9.65 Å². The normalized spacial score (nSPS) is 11.7. The molecule has 2 N–H and O–H groups in total. The van der Waals surface area contributed by atoms with Crippen LogP contribution in [0.4, 0.5) is 5.69 Å². The number of aromatic nitrogens is 2. The Balaban J connectivity index is 1.93. The van der Waals surface area contributed by atoms with Crippen LogP contribution in [0, 0.1) is 0 Å². The lowest BCUT2D eigenvalue weighted by Gasteiger charge is -2.11. The van der Waals surface area contributed by atoms with Crippen molar-refractivity contribution in [1.29, 1.82) is 0 Å². The highest BCUT2D eigenvalue weighted by molar-refractivity contribution is 7.90. The van der Waals surface area contributed by atoms with Crippen LogP contribution in [-0.4, -0.2) is 22.9 Å². The smallest absolute Gasteiger partial charge is 0.256 e. The number of rotatable bonds is 6. The molecular formula is C19H21N3O3S. The van der Waals surface area contributed by atoms with Crippen molar-refractivity contribution in [3.63, 3.8) is 0 Å². The lowest BCUT2D eigenvalue weighted by atomic mass is 10.1. The molecule has 0 amide bonds. The standard InChI is InChI=1S/C19H21N3O3S/c1-14(2)26(23,24)22-12-16(11-21-22)18-10-17(20)8-9-19(18)25-13-15-6-4-3-5-7-15/h3-12,14H,13,20H2,1-2H3. The first-order valence-corrected chi connectivity index (χ1v) is 9.74. The Bertz CT molecular complexity index is 996. The molecule has 0 saturated heterocycles. The number of nitrogen functional groups attached to an aromatic ring is 1. The number of nitrogens with zero attached hydrogens (tertiary/aromatic N) is 2. The third kappa shape index (κ3) is 3.72. The SMILES string of the molecule is CC(C)S(=O)(=O)n1cc(-c2cc(N)ccc2OCc2ccccc2)cn1. The molecule has 0 fully saturated rings. The number of nitrogens with two attached hydrogens (primary N) is 1. The van der Waals surface area contributed by atoms with E-state index in [1.165, 1.54) is 12.4 Å². The fraction of sp³-hybridized carbons (Fsp3) is 0.211. The van der Waals surface area contributed by atoms with E-state index >= 15 is 0 Å². The van der Waals surface area contributed by atoms with Crippen LogP contribution < -0.4 is 10.5 Å². The number of benzene rings is 2. The monoisotopic (exact) mass is 371 g/mol. The lowest BCUT2D eigenvalue weighted by Crippen LogP contribution is -2.22. The van der Waals surface area contributed by atoms with Crippen molar-refractivity contribution in [2.24, 2.45) is 0 Å². The predicted molar refractivity (Wildman–Crippen MR) is 102 cm³/mol. The molecule has 3 rings (SSSR count). The molecule has 3 aromatic rings. The lowest BCUT2D eigenvalue weighted by molar-refractivity contribution is 0.307. The van der Waals surface area contributed by atoms with Gasteiger partial charge in [0.05, 0.1) is 17.6 Å². The van der Waals surface area contributed by atoms with Gasteiger partial charge in [0.1, 0.15) is 12.4 Å². The third-order valence-corrected chi connectivity index (χ3v) is 5.88. The van der Waals surface area contributed by atoms with E-state index in [-0.39, 0.29) is 0 Å². The molecule has 0 spiro atoms. The minimum absolute atomic E-state index is 0.399. The van der Waals surface area contributed by atoms with Crippen molar-refractivity contribution in [2.75, 3.05) is 5.73 Å². The van der Waals surface area contributed by atoms with Gasteiger partial charge in [-0.05, 0) is 37.6 Å². The van der Waals surface area contributed by atoms with E-state index < -0.39 is 15.3 Å². The Kier molecular flexibility index (Phi) is 4.99. The highest BCUT2D eigenvalue weighted by Gasteiger charge is 2.20. The number of hydrogen-bond donors (Lipinski definition) is 1. The largest absolute Gasteiger partial charge is 0.488 e. The van der Waals surface area contributed by atoms with Crippen molar-refractivity contribution in [2.45, 2.75) is 25.7 Å². The summed E-state index contributed by atoms with van der Waals surface area (Å²) in [5, 5.41) is 3.44. The average Bonchev–Trinajstić information content (AvgIpc) is 3.12. The van der Waals surface area contributed by atoms with Gasteiger partial charge in [-0.2, -0.15) is 9.19 Å². The molecule has 0 aliphatic rings. The summed E-state index contributed by atoms with van der Waals surface area (Å²) in [6.07, 6.45) is 2.99. The second-order valence-corrected chi connectivity index (χ2v) is 8.57. The minimum Gasteiger partial charge on any atom is -0.488 e. The molecule has 2 aromatic carbocycles. The van der Waals surface area contributed by atoms with Gasteiger partial charge in [0.2, 0.25) is 0 Å². The van der Waals surface area contributed by atoms with Crippen LogP contribution in [0.25, 0.3) is 11.1 Å². The predicted octanol–water partition coefficient (Wildman–Crippen LogP) is 3.30. The van der Waals surface area contributed by atoms with Crippen LogP contribution in [0.15, 0.2) is 60.9 Å². The van der Waals surface area contributed by atoms with Gasteiger partial charge in [-0.1, -0.05) is 30.3 Å². The van der Waals surface area contributed by atoms with Gasteiger partial charge in [-0.3, -0.25) is 0 Å². The molecule has 1 heterocycles. The fourth-order valence-electron chi connectivity index (χ4n) is 2.43. The molecule has 0 aliphatic heterocycles. The maximum Gasteiger partial charge on any atom is 0.256 e. The van der Waals surface area contributed by atoms with Crippen LogP contribution in [0.5, 0.6) is 5.75 Å². The molecule has 0 unspecified atom stereocenters. The minimum atomic E-state index is -3.51. The summed E-state index contributed by atoms with van der Waals surface area (Å²) in [4.78, 5) is 0. The zero-order chi connectivity index (χ0) is 18.7. The number of ether oxygens (including phenoxy) is 1. The quantitative estimate of drug-likeness (QED) is 0.672. The molecule has 7 heteroatoms. The molecular weight excluding hydrogens is 350 g/mol. The maximum atomic E-state index is 12.3. The van der Waals surface area contributed by atoms with Crippen molar-refractivity contribution in [3.8, 4) is 16.9 Å². The van der Waals surface area contributed by atoms with E-state index in [0.29, 0.717) is 29.2 Å². The molecule has 6 nitrogen and oxygen atoms in total. The summed E-state index contributed by atoms with van der Waals surface area (Å²) in [6, 6.07) is 15.1. The van der Waals surface area contributed by atoms with Crippen molar-refractivity contribution >= 4 is 15.7 Å². The van der Waals surface area contributed by atoms with Crippen molar-refractivity contribution in [1.82, 2.24) is 9.19 Å². The van der Waals surface area contributed by atoms with Gasteiger partial charge in [0.25, 0.3) is 10.0 Å². The average molecular weight is 371 g/mol. The first kappa shape index (κ1) is 18.0. The Morgan fingerprint density at radius 1 is 1.15 bits per heavy atom. The highest BCUT2D eigenvalue weighted by Crippen LogP contribution is 2.32. The molecule has 0 bridgehead atoms. The van der Waals surface area contributed by atoms with Gasteiger partial charge in [-0.15, -0.1) is 0 Å². The van der Waals surface area contributed by atoms with Gasteiger partial charge in [-0.25, -0.2) is 8.42 Å². The molecule has 136 valence electrons. The summed E-state index contributed by atoms with van der Waals surface area (Å²) >= 11 is 0. The Hall–Kier alpha value is -2.80. The number of anilines is 1. The molecule has 0 atom stereocenters. The number of hydrogen-bond acceptors (Lipinski definition) is 5. The zero-order valence-corrected chi connectivity index (χ0v) is 15.5. The Labute approximate surface area is 153 Å². The third-order valence-electron chi connectivity index (χ3n) is 3.97. The van der Waals surface area contributed by atoms with Gasteiger partial charge in [0.15, 0.2) is 0 Å². The van der Waals surface area contributed by atoms with Crippen LogP contribution in [0.1, 0.15) is 19.4 Å². The first-order chi connectivity index (χ1) is 12.4. The molecule has 1 aromatic heterocycles. The van der Waals surface area contributed by atoms with E-state index in [4.69, 9.17) is 10.5 Å². The van der Waals surface area contributed by atoms with E-state index in [1.54, 1.807) is 32.0 Å². The Morgan fingerprint density at radius 3 is 2.58 bits per heavy atom. The summed E-state index contributed by atoms with van der Waals surface area (Å²) in [5.74, 6) is 0.615. The topological polar surface area (TPSA) is 87.2 Å². The second kappa shape index (κ2) is 7.21. The molecule has 26 heavy (non-hydrogen) atoms. The summed E-state index contributed by atoms with van der Waals surface area (Å²) in [5.41, 5.74) is 8.84. The van der Waals surface area contributed by atoms with E-state index in [2.05, 4.69) is 5.10 Å². The molecule has 0 radical (unpaired) electrons. The van der Waals surface area contributed by atoms with Gasteiger partial charge >= 0.3 is 0 Å². The summed E-state index contributed by atoms with van der Waals surface area (Å²) in [6.45, 7) is 3.63. The van der Waals surface area contributed by atoms with Crippen LogP contribution in [0.3, 0.4) is 0 Å². The highest BCUT2D eigenvalue weighted by atomic mass is 32.2. The Morgan fingerprint density at radius 2 is 1.88 bits per heavy atom. The first-order valence-electron chi connectivity index (χ1n) is 8.23.